The minimum Gasteiger partial charge on any atom is -0.338 e. The molecule has 0 radical (unpaired) electrons. The SMILES string of the molecule is CN(CC(=O)Nc1c(Cl)cccc1Cl)CC(=O)N1CCN(C(=O)Nc2ccccc2)CC1. The molecule has 1 aliphatic heterocycles. The van der Waals surface area contributed by atoms with E-state index in [1.165, 1.54) is 0 Å². The molecule has 0 aromatic heterocycles. The molecule has 0 unspecified atom stereocenters. The number of piperazine rings is 1. The minimum absolute atomic E-state index is 0.00669. The lowest BCUT2D eigenvalue weighted by atomic mass is 10.3. The highest BCUT2D eigenvalue weighted by Gasteiger charge is 2.25. The molecule has 170 valence electrons. The zero-order valence-corrected chi connectivity index (χ0v) is 19.2. The molecule has 0 atom stereocenters. The van der Waals surface area contributed by atoms with Crippen LogP contribution in [0.5, 0.6) is 0 Å². The van der Waals surface area contributed by atoms with Gasteiger partial charge in [0.2, 0.25) is 11.8 Å². The van der Waals surface area contributed by atoms with Gasteiger partial charge in [-0.15, -0.1) is 0 Å². The van der Waals surface area contributed by atoms with E-state index in [-0.39, 0.29) is 30.9 Å². The Morgan fingerprint density at radius 3 is 2.06 bits per heavy atom. The Morgan fingerprint density at radius 2 is 1.44 bits per heavy atom. The molecule has 1 heterocycles. The maximum absolute atomic E-state index is 12.6. The maximum Gasteiger partial charge on any atom is 0.321 e. The van der Waals surface area contributed by atoms with Crippen molar-refractivity contribution in [1.29, 1.82) is 0 Å². The van der Waals surface area contributed by atoms with Gasteiger partial charge in [0.25, 0.3) is 0 Å². The van der Waals surface area contributed by atoms with E-state index >= 15 is 0 Å². The van der Waals surface area contributed by atoms with Crippen LogP contribution in [0.4, 0.5) is 16.2 Å². The first-order valence-corrected chi connectivity index (χ1v) is 10.9. The van der Waals surface area contributed by atoms with Crippen molar-refractivity contribution in [1.82, 2.24) is 14.7 Å². The molecule has 2 aromatic carbocycles. The second kappa shape index (κ2) is 11.2. The predicted molar refractivity (Wildman–Crippen MR) is 126 cm³/mol. The summed E-state index contributed by atoms with van der Waals surface area (Å²) in [6, 6.07) is 14.0. The quantitative estimate of drug-likeness (QED) is 0.668. The Bertz CT molecular complexity index is 945. The molecule has 1 fully saturated rings. The summed E-state index contributed by atoms with van der Waals surface area (Å²) in [4.78, 5) is 42.3. The third-order valence-corrected chi connectivity index (χ3v) is 5.62. The Labute approximate surface area is 197 Å². The number of carbonyl (C=O) groups excluding carboxylic acids is 3. The fourth-order valence-electron chi connectivity index (χ4n) is 3.31. The highest BCUT2D eigenvalue weighted by Crippen LogP contribution is 2.29. The van der Waals surface area contributed by atoms with Crippen molar-refractivity contribution >= 4 is 52.4 Å². The first-order valence-electron chi connectivity index (χ1n) is 10.1. The van der Waals surface area contributed by atoms with Gasteiger partial charge in [0, 0.05) is 31.9 Å². The topological polar surface area (TPSA) is 85.0 Å². The summed E-state index contributed by atoms with van der Waals surface area (Å²) in [6.45, 7) is 1.86. The van der Waals surface area contributed by atoms with Gasteiger partial charge in [-0.1, -0.05) is 47.5 Å². The highest BCUT2D eigenvalue weighted by molar-refractivity contribution is 6.39. The Balaban J connectivity index is 1.42. The fourth-order valence-corrected chi connectivity index (χ4v) is 3.80. The van der Waals surface area contributed by atoms with Crippen molar-refractivity contribution in [2.24, 2.45) is 0 Å². The van der Waals surface area contributed by atoms with Crippen LogP contribution in [-0.4, -0.2) is 78.9 Å². The third-order valence-electron chi connectivity index (χ3n) is 4.99. The largest absolute Gasteiger partial charge is 0.338 e. The summed E-state index contributed by atoms with van der Waals surface area (Å²) in [6.07, 6.45) is 0. The fraction of sp³-hybridized carbons (Fsp3) is 0.318. The molecule has 8 nitrogen and oxygen atoms in total. The van der Waals surface area contributed by atoms with Gasteiger partial charge in [-0.25, -0.2) is 4.79 Å². The van der Waals surface area contributed by atoms with Gasteiger partial charge in [-0.05, 0) is 31.3 Å². The number of hydrogen-bond donors (Lipinski definition) is 2. The molecular formula is C22H25Cl2N5O3. The molecule has 4 amide bonds. The first kappa shape index (κ1) is 23.8. The molecular weight excluding hydrogens is 453 g/mol. The summed E-state index contributed by atoms with van der Waals surface area (Å²) >= 11 is 12.1. The number of amides is 4. The van der Waals surface area contributed by atoms with Crippen molar-refractivity contribution < 1.29 is 14.4 Å². The Hall–Kier alpha value is -2.81. The number of nitrogens with zero attached hydrogens (tertiary/aromatic N) is 3. The van der Waals surface area contributed by atoms with Crippen LogP contribution in [-0.2, 0) is 9.59 Å². The van der Waals surface area contributed by atoms with Crippen molar-refractivity contribution in [2.75, 3.05) is 56.9 Å². The Kier molecular flexibility index (Phi) is 8.33. The predicted octanol–water partition coefficient (Wildman–Crippen LogP) is 3.24. The number of urea groups is 1. The number of benzene rings is 2. The van der Waals surface area contributed by atoms with E-state index in [9.17, 15) is 14.4 Å². The van der Waals surface area contributed by atoms with Crippen LogP contribution in [0.1, 0.15) is 0 Å². The second-order valence-corrected chi connectivity index (χ2v) is 8.30. The molecule has 2 N–H and O–H groups in total. The summed E-state index contributed by atoms with van der Waals surface area (Å²) in [7, 11) is 1.69. The number of hydrogen-bond acceptors (Lipinski definition) is 4. The van der Waals surface area contributed by atoms with Crippen LogP contribution in [0, 0.1) is 0 Å². The number of halogens is 2. The second-order valence-electron chi connectivity index (χ2n) is 7.48. The molecule has 2 aromatic rings. The minimum atomic E-state index is -0.322. The lowest BCUT2D eigenvalue weighted by Gasteiger charge is -2.35. The van der Waals surface area contributed by atoms with Gasteiger partial charge in [-0.2, -0.15) is 0 Å². The number of nitrogens with one attached hydrogen (secondary N) is 2. The van der Waals surface area contributed by atoms with Gasteiger partial charge >= 0.3 is 6.03 Å². The number of rotatable bonds is 6. The molecule has 1 saturated heterocycles. The molecule has 0 spiro atoms. The van der Waals surface area contributed by atoms with Crippen LogP contribution < -0.4 is 10.6 Å². The van der Waals surface area contributed by atoms with Gasteiger partial charge in [-0.3, -0.25) is 14.5 Å². The average molecular weight is 478 g/mol. The van der Waals surface area contributed by atoms with Crippen LogP contribution in [0.3, 0.4) is 0 Å². The summed E-state index contributed by atoms with van der Waals surface area (Å²) in [5.74, 6) is -0.420. The van der Waals surface area contributed by atoms with Gasteiger partial charge < -0.3 is 20.4 Å². The van der Waals surface area contributed by atoms with E-state index in [0.29, 0.717) is 41.9 Å². The molecule has 0 aliphatic carbocycles. The van der Waals surface area contributed by atoms with E-state index in [4.69, 9.17) is 23.2 Å². The highest BCUT2D eigenvalue weighted by atomic mass is 35.5. The van der Waals surface area contributed by atoms with Gasteiger partial charge in [0.1, 0.15) is 0 Å². The molecule has 1 aliphatic rings. The monoisotopic (exact) mass is 477 g/mol. The molecule has 0 saturated carbocycles. The van der Waals surface area contributed by atoms with Gasteiger partial charge in [0.05, 0.1) is 28.8 Å². The molecule has 10 heteroatoms. The van der Waals surface area contributed by atoms with Crippen molar-refractivity contribution in [2.45, 2.75) is 0 Å². The van der Waals surface area contributed by atoms with E-state index in [1.54, 1.807) is 39.9 Å². The molecule has 3 rings (SSSR count). The lowest BCUT2D eigenvalue weighted by Crippen LogP contribution is -2.53. The summed E-state index contributed by atoms with van der Waals surface area (Å²) in [5.41, 5.74) is 1.08. The van der Waals surface area contributed by atoms with E-state index in [0.717, 1.165) is 5.69 Å². The smallest absolute Gasteiger partial charge is 0.321 e. The van der Waals surface area contributed by atoms with E-state index < -0.39 is 0 Å². The summed E-state index contributed by atoms with van der Waals surface area (Å²) < 4.78 is 0. The zero-order valence-electron chi connectivity index (χ0n) is 17.7. The number of anilines is 2. The average Bonchev–Trinajstić information content (AvgIpc) is 2.77. The van der Waals surface area contributed by atoms with Crippen LogP contribution in [0.15, 0.2) is 48.5 Å². The summed E-state index contributed by atoms with van der Waals surface area (Å²) in [5, 5.41) is 6.22. The van der Waals surface area contributed by atoms with E-state index in [2.05, 4.69) is 10.6 Å². The van der Waals surface area contributed by atoms with Crippen molar-refractivity contribution in [3.05, 3.63) is 58.6 Å². The van der Waals surface area contributed by atoms with E-state index in [1.807, 2.05) is 30.3 Å². The van der Waals surface area contributed by atoms with Crippen LogP contribution >= 0.6 is 23.2 Å². The standard InChI is InChI=1S/C22H25Cl2N5O3/c1-27(14-19(30)26-21-17(23)8-5-9-18(21)24)15-20(31)28-10-12-29(13-11-28)22(32)25-16-6-3-2-4-7-16/h2-9H,10-15H2,1H3,(H,25,32)(H,26,30). The van der Waals surface area contributed by atoms with Crippen LogP contribution in [0.25, 0.3) is 0 Å². The molecule has 0 bridgehead atoms. The lowest BCUT2D eigenvalue weighted by molar-refractivity contribution is -0.133. The number of likely N-dealkylation sites (N-methyl/N-ethyl adjacent to an activating group) is 1. The maximum atomic E-state index is 12.6. The third kappa shape index (κ3) is 6.59. The number of carbonyl (C=O) groups is 3. The normalized spacial score (nSPS) is 13.8. The Morgan fingerprint density at radius 1 is 0.844 bits per heavy atom. The van der Waals surface area contributed by atoms with Crippen molar-refractivity contribution in [3.8, 4) is 0 Å². The zero-order chi connectivity index (χ0) is 23.1. The number of para-hydroxylation sites is 2. The first-order chi connectivity index (χ1) is 15.3. The van der Waals surface area contributed by atoms with Crippen molar-refractivity contribution in [3.63, 3.8) is 0 Å². The van der Waals surface area contributed by atoms with Gasteiger partial charge in [0.15, 0.2) is 0 Å². The van der Waals surface area contributed by atoms with Crippen LogP contribution in [0.2, 0.25) is 10.0 Å². The molecule has 32 heavy (non-hydrogen) atoms.